The first-order chi connectivity index (χ1) is 9.69. The van der Waals surface area contributed by atoms with E-state index in [2.05, 4.69) is 0 Å². The Morgan fingerprint density at radius 2 is 1.50 bits per heavy atom. The lowest BCUT2D eigenvalue weighted by molar-refractivity contribution is -0.160. The van der Waals surface area contributed by atoms with Crippen LogP contribution in [0.3, 0.4) is 0 Å². The molecule has 0 saturated heterocycles. The molecule has 100 valence electrons. The van der Waals surface area contributed by atoms with E-state index in [-0.39, 0.29) is 0 Å². The van der Waals surface area contributed by atoms with Gasteiger partial charge in [-0.15, -0.1) is 0 Å². The number of nitriles is 1. The van der Waals surface area contributed by atoms with Gasteiger partial charge in [-0.1, -0.05) is 60.7 Å². The van der Waals surface area contributed by atoms with E-state index < -0.39 is 18.2 Å². The molecule has 0 saturated carbocycles. The van der Waals surface area contributed by atoms with Gasteiger partial charge in [-0.05, 0) is 11.1 Å². The van der Waals surface area contributed by atoms with Gasteiger partial charge in [0.05, 0.1) is 0 Å². The minimum Gasteiger partial charge on any atom is -0.448 e. The van der Waals surface area contributed by atoms with E-state index in [0.29, 0.717) is 11.1 Å². The molecule has 4 nitrogen and oxygen atoms in total. The van der Waals surface area contributed by atoms with Gasteiger partial charge in [0, 0.05) is 0 Å². The molecule has 0 bridgehead atoms. The third-order valence-electron chi connectivity index (χ3n) is 2.95. The summed E-state index contributed by atoms with van der Waals surface area (Å²) in [5, 5.41) is 19.4. The normalized spacial score (nSPS) is 10.6. The standard InChI is InChI=1S/C16H13NO3/c17-11-12-20-15(18)16(19,13-7-3-1-4-8-13)14-9-5-2-6-10-14/h1-10,19H,12H2. The van der Waals surface area contributed by atoms with Gasteiger partial charge >= 0.3 is 5.97 Å². The lowest BCUT2D eigenvalue weighted by Crippen LogP contribution is -2.38. The smallest absolute Gasteiger partial charge is 0.348 e. The number of hydrogen-bond acceptors (Lipinski definition) is 4. The van der Waals surface area contributed by atoms with Crippen LogP contribution < -0.4 is 0 Å². The Morgan fingerprint density at radius 3 is 1.90 bits per heavy atom. The van der Waals surface area contributed by atoms with Crippen molar-refractivity contribution in [2.24, 2.45) is 0 Å². The van der Waals surface area contributed by atoms with Gasteiger partial charge in [-0.25, -0.2) is 4.79 Å². The monoisotopic (exact) mass is 267 g/mol. The Labute approximate surface area is 116 Å². The van der Waals surface area contributed by atoms with Gasteiger partial charge in [0.25, 0.3) is 0 Å². The number of ether oxygens (including phenoxy) is 1. The highest BCUT2D eigenvalue weighted by molar-refractivity contribution is 5.85. The van der Waals surface area contributed by atoms with Crippen LogP contribution in [-0.4, -0.2) is 17.7 Å². The second-order valence-corrected chi connectivity index (χ2v) is 4.18. The van der Waals surface area contributed by atoms with Gasteiger partial charge in [0.15, 0.2) is 6.61 Å². The van der Waals surface area contributed by atoms with E-state index in [0.717, 1.165) is 0 Å². The van der Waals surface area contributed by atoms with Gasteiger partial charge in [0.2, 0.25) is 5.60 Å². The van der Waals surface area contributed by atoms with E-state index in [4.69, 9.17) is 10.00 Å². The highest BCUT2D eigenvalue weighted by atomic mass is 16.5. The van der Waals surface area contributed by atoms with E-state index >= 15 is 0 Å². The van der Waals surface area contributed by atoms with Crippen LogP contribution in [0.1, 0.15) is 11.1 Å². The van der Waals surface area contributed by atoms with Gasteiger partial charge in [-0.3, -0.25) is 0 Å². The second-order valence-electron chi connectivity index (χ2n) is 4.18. The molecule has 4 heteroatoms. The molecule has 0 aliphatic rings. The molecule has 0 unspecified atom stereocenters. The highest BCUT2D eigenvalue weighted by Gasteiger charge is 2.41. The molecule has 20 heavy (non-hydrogen) atoms. The number of carbonyl (C=O) groups is 1. The van der Waals surface area contributed by atoms with Crippen molar-refractivity contribution in [2.75, 3.05) is 6.61 Å². The number of rotatable bonds is 4. The van der Waals surface area contributed by atoms with Crippen LogP contribution >= 0.6 is 0 Å². The molecule has 0 aliphatic heterocycles. The number of hydrogen-bond donors (Lipinski definition) is 1. The molecule has 1 N–H and O–H groups in total. The lowest BCUT2D eigenvalue weighted by atomic mass is 9.86. The predicted molar refractivity (Wildman–Crippen MR) is 72.5 cm³/mol. The number of esters is 1. The molecule has 0 fully saturated rings. The maximum Gasteiger partial charge on any atom is 0.348 e. The Hall–Kier alpha value is -2.64. The molecule has 0 atom stereocenters. The van der Waals surface area contributed by atoms with E-state index in [1.807, 2.05) is 0 Å². The zero-order chi connectivity index (χ0) is 14.4. The molecule has 0 aliphatic carbocycles. The van der Waals surface area contributed by atoms with Crippen LogP contribution in [0.4, 0.5) is 0 Å². The maximum absolute atomic E-state index is 12.2. The number of benzene rings is 2. The zero-order valence-corrected chi connectivity index (χ0v) is 10.7. The van der Waals surface area contributed by atoms with E-state index in [9.17, 15) is 9.90 Å². The summed E-state index contributed by atoms with van der Waals surface area (Å²) < 4.78 is 4.82. The molecule has 0 heterocycles. The first kappa shape index (κ1) is 13.8. The van der Waals surface area contributed by atoms with Crippen molar-refractivity contribution in [1.82, 2.24) is 0 Å². The number of aliphatic hydroxyl groups is 1. The number of carbonyl (C=O) groups excluding carboxylic acids is 1. The summed E-state index contributed by atoms with van der Waals surface area (Å²) in [5.74, 6) is -0.864. The maximum atomic E-state index is 12.2. The van der Waals surface area contributed by atoms with Crippen LogP contribution in [0.2, 0.25) is 0 Å². The molecule has 0 spiro atoms. The summed E-state index contributed by atoms with van der Waals surface area (Å²) in [4.78, 5) is 12.2. The zero-order valence-electron chi connectivity index (χ0n) is 10.7. The third kappa shape index (κ3) is 2.53. The summed E-state index contributed by atoms with van der Waals surface area (Å²) in [6.07, 6.45) is 0. The van der Waals surface area contributed by atoms with Crippen LogP contribution in [0.15, 0.2) is 60.7 Å². The molecule has 0 aromatic heterocycles. The first-order valence-electron chi connectivity index (χ1n) is 6.07. The molecule has 0 radical (unpaired) electrons. The lowest BCUT2D eigenvalue weighted by Gasteiger charge is -2.26. The topological polar surface area (TPSA) is 70.3 Å². The van der Waals surface area contributed by atoms with Crippen LogP contribution in [0.5, 0.6) is 0 Å². The minimum absolute atomic E-state index is 0.397. The van der Waals surface area contributed by atoms with Crippen molar-refractivity contribution < 1.29 is 14.6 Å². The average molecular weight is 267 g/mol. The van der Waals surface area contributed by atoms with Crippen molar-refractivity contribution in [3.8, 4) is 6.07 Å². The number of nitrogens with zero attached hydrogens (tertiary/aromatic N) is 1. The fourth-order valence-electron chi connectivity index (χ4n) is 1.96. The van der Waals surface area contributed by atoms with Crippen molar-refractivity contribution in [3.63, 3.8) is 0 Å². The van der Waals surface area contributed by atoms with Crippen molar-refractivity contribution >= 4 is 5.97 Å². The largest absolute Gasteiger partial charge is 0.448 e. The molecule has 0 amide bonds. The fraction of sp³-hybridized carbons (Fsp3) is 0.125. The summed E-state index contributed by atoms with van der Waals surface area (Å²) in [5.41, 5.74) is -1.12. The highest BCUT2D eigenvalue weighted by Crippen LogP contribution is 2.30. The molecular weight excluding hydrogens is 254 g/mol. The third-order valence-corrected chi connectivity index (χ3v) is 2.95. The molecule has 2 aromatic carbocycles. The summed E-state index contributed by atoms with van der Waals surface area (Å²) in [6.45, 7) is -0.402. The van der Waals surface area contributed by atoms with Crippen molar-refractivity contribution in [3.05, 3.63) is 71.8 Å². The Kier molecular flexibility index (Phi) is 4.14. The van der Waals surface area contributed by atoms with Crippen LogP contribution in [-0.2, 0) is 15.1 Å². The summed E-state index contributed by atoms with van der Waals surface area (Å²) in [6, 6.07) is 18.7. The Morgan fingerprint density at radius 1 is 1.05 bits per heavy atom. The van der Waals surface area contributed by atoms with Crippen LogP contribution in [0.25, 0.3) is 0 Å². The SMILES string of the molecule is N#CCOC(=O)C(O)(c1ccccc1)c1ccccc1. The quantitative estimate of drug-likeness (QED) is 0.860. The first-order valence-corrected chi connectivity index (χ1v) is 6.07. The van der Waals surface area contributed by atoms with Gasteiger partial charge in [-0.2, -0.15) is 5.26 Å². The minimum atomic E-state index is -1.92. The average Bonchev–Trinajstić information content (AvgIpc) is 2.53. The molecular formula is C16H13NO3. The van der Waals surface area contributed by atoms with Gasteiger partial charge in [0.1, 0.15) is 6.07 Å². The molecule has 2 rings (SSSR count). The fourth-order valence-corrected chi connectivity index (χ4v) is 1.96. The summed E-state index contributed by atoms with van der Waals surface area (Å²) >= 11 is 0. The second kappa shape index (κ2) is 6.00. The Bertz CT molecular complexity index is 578. The van der Waals surface area contributed by atoms with Gasteiger partial charge < -0.3 is 9.84 Å². The summed E-state index contributed by atoms with van der Waals surface area (Å²) in [7, 11) is 0. The van der Waals surface area contributed by atoms with E-state index in [1.54, 1.807) is 66.7 Å². The van der Waals surface area contributed by atoms with Crippen LogP contribution in [0, 0.1) is 11.3 Å². The van der Waals surface area contributed by atoms with Crippen molar-refractivity contribution in [2.45, 2.75) is 5.60 Å². The predicted octanol–water partition coefficient (Wildman–Crippen LogP) is 1.99. The van der Waals surface area contributed by atoms with E-state index in [1.165, 1.54) is 0 Å². The Balaban J connectivity index is 2.50. The molecule has 2 aromatic rings. The van der Waals surface area contributed by atoms with Crippen molar-refractivity contribution in [1.29, 1.82) is 5.26 Å².